The molecular formula is C23H21N3O6. The van der Waals surface area contributed by atoms with Crippen molar-refractivity contribution in [3.05, 3.63) is 78.3 Å². The summed E-state index contributed by atoms with van der Waals surface area (Å²) in [4.78, 5) is 46.5. The number of rotatable bonds is 9. The topological polar surface area (TPSA) is 152 Å². The van der Waals surface area contributed by atoms with Gasteiger partial charge in [-0.05, 0) is 53.9 Å². The number of nitrogens with one attached hydrogen (secondary N) is 2. The molecule has 0 aliphatic heterocycles. The molecule has 0 saturated heterocycles. The molecule has 0 unspecified atom stereocenters. The third kappa shape index (κ3) is 5.82. The molecule has 3 rings (SSSR count). The Morgan fingerprint density at radius 1 is 0.906 bits per heavy atom. The summed E-state index contributed by atoms with van der Waals surface area (Å²) in [5.41, 5.74) is 7.61. The smallest absolute Gasteiger partial charge is 0.326 e. The van der Waals surface area contributed by atoms with Gasteiger partial charge >= 0.3 is 5.97 Å². The van der Waals surface area contributed by atoms with Crippen LogP contribution in [0, 0.1) is 0 Å². The van der Waals surface area contributed by atoms with E-state index in [0.717, 1.165) is 11.1 Å². The van der Waals surface area contributed by atoms with Gasteiger partial charge in [0.05, 0.1) is 6.26 Å². The first kappa shape index (κ1) is 22.3. The van der Waals surface area contributed by atoms with Gasteiger partial charge in [-0.25, -0.2) is 4.79 Å². The van der Waals surface area contributed by atoms with E-state index in [-0.39, 0.29) is 30.1 Å². The Kier molecular flexibility index (Phi) is 7.02. The largest absolute Gasteiger partial charge is 0.480 e. The van der Waals surface area contributed by atoms with E-state index < -0.39 is 23.8 Å². The molecule has 0 fully saturated rings. The van der Waals surface area contributed by atoms with Gasteiger partial charge in [0.15, 0.2) is 5.76 Å². The van der Waals surface area contributed by atoms with Crippen LogP contribution in [0.15, 0.2) is 71.3 Å². The molecule has 3 amide bonds. The molecule has 0 radical (unpaired) electrons. The number of carbonyl (C=O) groups excluding carboxylic acids is 3. The first-order valence-corrected chi connectivity index (χ1v) is 9.71. The molecular weight excluding hydrogens is 414 g/mol. The van der Waals surface area contributed by atoms with Crippen LogP contribution < -0.4 is 16.4 Å². The summed E-state index contributed by atoms with van der Waals surface area (Å²) in [5, 5.41) is 14.3. The van der Waals surface area contributed by atoms with Crippen molar-refractivity contribution < 1.29 is 28.7 Å². The molecule has 32 heavy (non-hydrogen) atoms. The first-order valence-electron chi connectivity index (χ1n) is 9.71. The molecule has 9 nitrogen and oxygen atoms in total. The van der Waals surface area contributed by atoms with Gasteiger partial charge in [-0.15, -0.1) is 0 Å². The number of furan rings is 1. The van der Waals surface area contributed by atoms with Crippen LogP contribution in [0.25, 0.3) is 11.1 Å². The van der Waals surface area contributed by atoms with Crippen molar-refractivity contribution in [3.63, 3.8) is 0 Å². The van der Waals surface area contributed by atoms with Crippen molar-refractivity contribution in [2.24, 2.45) is 5.73 Å². The van der Waals surface area contributed by atoms with Crippen LogP contribution in [0.3, 0.4) is 0 Å². The highest BCUT2D eigenvalue weighted by Crippen LogP contribution is 2.22. The van der Waals surface area contributed by atoms with Gasteiger partial charge in [0, 0.05) is 17.7 Å². The number of carboxylic acid groups (broad SMARTS) is 1. The lowest BCUT2D eigenvalue weighted by atomic mass is 10.0. The zero-order valence-electron chi connectivity index (χ0n) is 16.9. The molecule has 0 saturated carbocycles. The predicted molar refractivity (Wildman–Crippen MR) is 116 cm³/mol. The van der Waals surface area contributed by atoms with Crippen LogP contribution in [-0.2, 0) is 9.59 Å². The molecule has 1 atom stereocenters. The van der Waals surface area contributed by atoms with Crippen molar-refractivity contribution in [2.45, 2.75) is 18.9 Å². The highest BCUT2D eigenvalue weighted by atomic mass is 16.4. The Labute approximate surface area is 183 Å². The van der Waals surface area contributed by atoms with Crippen molar-refractivity contribution in [1.82, 2.24) is 5.32 Å². The summed E-state index contributed by atoms with van der Waals surface area (Å²) in [6.45, 7) is 0. The van der Waals surface area contributed by atoms with Gasteiger partial charge in [-0.1, -0.05) is 24.3 Å². The van der Waals surface area contributed by atoms with Crippen LogP contribution in [0.4, 0.5) is 5.69 Å². The SMILES string of the molecule is NC(=O)CC[C@H](NC(=O)c1ccc(-c2ccc(NC(=O)c3ccco3)cc2)cc1)C(=O)O. The second-order valence-corrected chi connectivity index (χ2v) is 6.96. The standard InChI is InChI=1S/C23H21N3O6/c24-20(27)12-11-18(23(30)31)26-21(28)16-5-3-14(4-6-16)15-7-9-17(10-8-15)25-22(29)19-2-1-13-32-19/h1-10,13,18H,11-12H2,(H2,24,27)(H,25,29)(H,26,28)(H,30,31)/t18-/m0/s1. The van der Waals surface area contributed by atoms with E-state index in [1.165, 1.54) is 6.26 Å². The number of carboxylic acids is 1. The highest BCUT2D eigenvalue weighted by Gasteiger charge is 2.21. The molecule has 164 valence electrons. The Morgan fingerprint density at radius 2 is 1.53 bits per heavy atom. The van der Waals surface area contributed by atoms with E-state index in [1.807, 2.05) is 12.1 Å². The lowest BCUT2D eigenvalue weighted by molar-refractivity contribution is -0.139. The number of hydrogen-bond acceptors (Lipinski definition) is 5. The Bertz CT molecular complexity index is 1110. The van der Waals surface area contributed by atoms with E-state index >= 15 is 0 Å². The minimum absolute atomic E-state index is 0.0860. The summed E-state index contributed by atoms with van der Waals surface area (Å²) in [6, 6.07) is 15.7. The maximum absolute atomic E-state index is 12.4. The van der Waals surface area contributed by atoms with E-state index in [9.17, 15) is 24.3 Å². The number of carbonyl (C=O) groups is 4. The predicted octanol–water partition coefficient (Wildman–Crippen LogP) is 2.65. The average molecular weight is 435 g/mol. The minimum atomic E-state index is -1.24. The second kappa shape index (κ2) is 10.1. The molecule has 2 aromatic carbocycles. The van der Waals surface area contributed by atoms with Crippen molar-refractivity contribution in [1.29, 1.82) is 0 Å². The molecule has 3 aromatic rings. The van der Waals surface area contributed by atoms with Crippen LogP contribution >= 0.6 is 0 Å². The fourth-order valence-electron chi connectivity index (χ4n) is 2.95. The number of benzene rings is 2. The van der Waals surface area contributed by atoms with Crippen molar-refractivity contribution in [3.8, 4) is 11.1 Å². The molecule has 0 aliphatic carbocycles. The van der Waals surface area contributed by atoms with Crippen LogP contribution in [0.1, 0.15) is 33.8 Å². The fourth-order valence-corrected chi connectivity index (χ4v) is 2.95. The molecule has 0 aliphatic rings. The van der Waals surface area contributed by atoms with Crippen LogP contribution in [-0.4, -0.2) is 34.8 Å². The third-order valence-corrected chi connectivity index (χ3v) is 4.65. The summed E-state index contributed by atoms with van der Waals surface area (Å²) in [5.74, 6) is -2.59. The number of anilines is 1. The van der Waals surface area contributed by atoms with Gasteiger partial charge in [0.2, 0.25) is 5.91 Å². The Balaban J connectivity index is 1.63. The van der Waals surface area contributed by atoms with Crippen molar-refractivity contribution in [2.75, 3.05) is 5.32 Å². The average Bonchev–Trinajstić information content (AvgIpc) is 3.32. The fraction of sp³-hybridized carbons (Fsp3) is 0.130. The van der Waals surface area contributed by atoms with E-state index in [1.54, 1.807) is 48.5 Å². The molecule has 9 heteroatoms. The van der Waals surface area contributed by atoms with E-state index in [0.29, 0.717) is 5.69 Å². The van der Waals surface area contributed by atoms with E-state index in [2.05, 4.69) is 10.6 Å². The minimum Gasteiger partial charge on any atom is -0.480 e. The lowest BCUT2D eigenvalue weighted by Crippen LogP contribution is -2.41. The van der Waals surface area contributed by atoms with Crippen LogP contribution in [0.2, 0.25) is 0 Å². The maximum Gasteiger partial charge on any atom is 0.326 e. The summed E-state index contributed by atoms with van der Waals surface area (Å²) >= 11 is 0. The third-order valence-electron chi connectivity index (χ3n) is 4.65. The molecule has 5 N–H and O–H groups in total. The Morgan fingerprint density at radius 3 is 2.06 bits per heavy atom. The number of aliphatic carboxylic acids is 1. The van der Waals surface area contributed by atoms with Gasteiger partial charge in [-0.2, -0.15) is 0 Å². The summed E-state index contributed by atoms with van der Waals surface area (Å²) in [6.07, 6.45) is 1.19. The van der Waals surface area contributed by atoms with Gasteiger partial charge < -0.3 is 25.9 Å². The molecule has 1 heterocycles. The second-order valence-electron chi connectivity index (χ2n) is 6.96. The monoisotopic (exact) mass is 435 g/mol. The number of amides is 3. The number of nitrogens with two attached hydrogens (primary N) is 1. The zero-order valence-corrected chi connectivity index (χ0v) is 16.9. The maximum atomic E-state index is 12.4. The zero-order chi connectivity index (χ0) is 23.1. The summed E-state index contributed by atoms with van der Waals surface area (Å²) < 4.78 is 5.05. The number of hydrogen-bond donors (Lipinski definition) is 4. The van der Waals surface area contributed by atoms with Crippen molar-refractivity contribution >= 4 is 29.4 Å². The molecule has 0 spiro atoms. The molecule has 0 bridgehead atoms. The van der Waals surface area contributed by atoms with Crippen LogP contribution in [0.5, 0.6) is 0 Å². The normalized spacial score (nSPS) is 11.4. The number of primary amides is 1. The highest BCUT2D eigenvalue weighted by molar-refractivity contribution is 6.02. The summed E-state index contributed by atoms with van der Waals surface area (Å²) in [7, 11) is 0. The lowest BCUT2D eigenvalue weighted by Gasteiger charge is -2.14. The quantitative estimate of drug-likeness (QED) is 0.405. The first-order chi connectivity index (χ1) is 15.3. The Hall–Kier alpha value is -4.40. The van der Waals surface area contributed by atoms with Gasteiger partial charge in [-0.3, -0.25) is 14.4 Å². The van der Waals surface area contributed by atoms with Gasteiger partial charge in [0.1, 0.15) is 6.04 Å². The van der Waals surface area contributed by atoms with E-state index in [4.69, 9.17) is 10.2 Å². The molecule has 1 aromatic heterocycles. The van der Waals surface area contributed by atoms with Gasteiger partial charge in [0.25, 0.3) is 11.8 Å².